The Balaban J connectivity index is 1.90. The quantitative estimate of drug-likeness (QED) is 0.838. The van der Waals surface area contributed by atoms with Crippen LogP contribution in [-0.4, -0.2) is 31.2 Å². The van der Waals surface area contributed by atoms with Crippen LogP contribution in [0.5, 0.6) is 0 Å². The average molecular weight is 264 g/mol. The molecule has 0 bridgehead atoms. The van der Waals surface area contributed by atoms with E-state index in [1.165, 1.54) is 12.1 Å². The molecule has 1 aromatic carbocycles. The predicted octanol–water partition coefficient (Wildman–Crippen LogP) is 2.00. The van der Waals surface area contributed by atoms with Gasteiger partial charge in [0.2, 0.25) is 5.91 Å². The van der Waals surface area contributed by atoms with Gasteiger partial charge in [0.15, 0.2) is 0 Å². The van der Waals surface area contributed by atoms with E-state index in [0.717, 1.165) is 16.5 Å². The summed E-state index contributed by atoms with van der Waals surface area (Å²) in [6.07, 6.45) is 2.94. The molecule has 0 aliphatic rings. The second-order valence-electron chi connectivity index (χ2n) is 4.35. The number of hydrogen-bond donors (Lipinski definition) is 2. The SMILES string of the molecule is COCCC(=O)NCCc1c[nH]c2cc(F)ccc12. The van der Waals surface area contributed by atoms with Gasteiger partial charge in [0.1, 0.15) is 5.82 Å². The maximum atomic E-state index is 13.0. The van der Waals surface area contributed by atoms with Gasteiger partial charge in [-0.1, -0.05) is 0 Å². The molecule has 0 fully saturated rings. The standard InChI is InChI=1S/C14H17FN2O2/c1-19-7-5-14(18)16-6-4-10-9-17-13-8-11(15)2-3-12(10)13/h2-3,8-9,17H,4-7H2,1H3,(H,16,18). The van der Waals surface area contributed by atoms with Crippen molar-refractivity contribution in [2.24, 2.45) is 0 Å². The molecule has 0 atom stereocenters. The highest BCUT2D eigenvalue weighted by atomic mass is 19.1. The van der Waals surface area contributed by atoms with E-state index in [0.29, 0.717) is 26.0 Å². The molecule has 2 rings (SSSR count). The van der Waals surface area contributed by atoms with E-state index in [1.807, 2.05) is 6.20 Å². The Morgan fingerprint density at radius 3 is 3.11 bits per heavy atom. The number of hydrogen-bond acceptors (Lipinski definition) is 2. The Labute approximate surface area is 111 Å². The average Bonchev–Trinajstić information content (AvgIpc) is 2.79. The van der Waals surface area contributed by atoms with Gasteiger partial charge in [0, 0.05) is 37.2 Å². The maximum absolute atomic E-state index is 13.0. The highest BCUT2D eigenvalue weighted by Gasteiger charge is 2.05. The number of aromatic nitrogens is 1. The van der Waals surface area contributed by atoms with Gasteiger partial charge < -0.3 is 15.0 Å². The second kappa shape index (κ2) is 6.33. The second-order valence-corrected chi connectivity index (χ2v) is 4.35. The lowest BCUT2D eigenvalue weighted by Crippen LogP contribution is -2.26. The Bertz CT molecular complexity index is 566. The number of aromatic amines is 1. The fourth-order valence-corrected chi connectivity index (χ4v) is 1.99. The maximum Gasteiger partial charge on any atom is 0.222 e. The first kappa shape index (κ1) is 13.5. The van der Waals surface area contributed by atoms with E-state index < -0.39 is 0 Å². The monoisotopic (exact) mass is 264 g/mol. The van der Waals surface area contributed by atoms with Crippen molar-refractivity contribution < 1.29 is 13.9 Å². The van der Waals surface area contributed by atoms with Gasteiger partial charge in [-0.05, 0) is 30.2 Å². The minimum atomic E-state index is -0.256. The molecule has 2 N–H and O–H groups in total. The molecule has 0 saturated carbocycles. The van der Waals surface area contributed by atoms with Crippen molar-refractivity contribution in [3.63, 3.8) is 0 Å². The summed E-state index contributed by atoms with van der Waals surface area (Å²) in [5.41, 5.74) is 1.85. The molecule has 102 valence electrons. The molecular weight excluding hydrogens is 247 g/mol. The molecule has 0 radical (unpaired) electrons. The molecule has 0 aliphatic carbocycles. The number of halogens is 1. The lowest BCUT2D eigenvalue weighted by molar-refractivity contribution is -0.121. The Morgan fingerprint density at radius 1 is 1.47 bits per heavy atom. The minimum Gasteiger partial charge on any atom is -0.384 e. The summed E-state index contributed by atoms with van der Waals surface area (Å²) in [5, 5.41) is 3.82. The van der Waals surface area contributed by atoms with Gasteiger partial charge in [0.05, 0.1) is 6.61 Å². The van der Waals surface area contributed by atoms with Crippen LogP contribution in [0.3, 0.4) is 0 Å². The number of nitrogens with one attached hydrogen (secondary N) is 2. The topological polar surface area (TPSA) is 54.1 Å². The number of benzene rings is 1. The van der Waals surface area contributed by atoms with E-state index in [-0.39, 0.29) is 11.7 Å². The van der Waals surface area contributed by atoms with Crippen molar-refractivity contribution in [2.45, 2.75) is 12.8 Å². The van der Waals surface area contributed by atoms with Crippen LogP contribution in [0.15, 0.2) is 24.4 Å². The summed E-state index contributed by atoms with van der Waals surface area (Å²) < 4.78 is 17.9. The fraction of sp³-hybridized carbons (Fsp3) is 0.357. The molecule has 0 saturated heterocycles. The molecule has 1 heterocycles. The third-order valence-electron chi connectivity index (χ3n) is 2.98. The number of ether oxygens (including phenoxy) is 1. The molecule has 0 aliphatic heterocycles. The lowest BCUT2D eigenvalue weighted by Gasteiger charge is -2.04. The highest BCUT2D eigenvalue weighted by molar-refractivity contribution is 5.83. The molecular formula is C14H17FN2O2. The number of H-pyrrole nitrogens is 1. The van der Waals surface area contributed by atoms with Crippen molar-refractivity contribution >= 4 is 16.8 Å². The van der Waals surface area contributed by atoms with Crippen LogP contribution in [0.2, 0.25) is 0 Å². The first-order valence-electron chi connectivity index (χ1n) is 6.22. The molecule has 4 nitrogen and oxygen atoms in total. The van der Waals surface area contributed by atoms with Crippen LogP contribution < -0.4 is 5.32 Å². The van der Waals surface area contributed by atoms with Crippen LogP contribution in [-0.2, 0) is 16.0 Å². The number of rotatable bonds is 6. The fourth-order valence-electron chi connectivity index (χ4n) is 1.99. The van der Waals surface area contributed by atoms with Crippen molar-refractivity contribution in [1.29, 1.82) is 0 Å². The third-order valence-corrected chi connectivity index (χ3v) is 2.98. The van der Waals surface area contributed by atoms with Crippen LogP contribution in [0.25, 0.3) is 10.9 Å². The smallest absolute Gasteiger partial charge is 0.222 e. The van der Waals surface area contributed by atoms with E-state index >= 15 is 0 Å². The molecule has 0 spiro atoms. The van der Waals surface area contributed by atoms with Gasteiger partial charge in [-0.2, -0.15) is 0 Å². The summed E-state index contributed by atoms with van der Waals surface area (Å²) in [5.74, 6) is -0.276. The highest BCUT2D eigenvalue weighted by Crippen LogP contribution is 2.19. The number of fused-ring (bicyclic) bond motifs is 1. The van der Waals surface area contributed by atoms with Crippen molar-refractivity contribution in [2.75, 3.05) is 20.3 Å². The van der Waals surface area contributed by atoms with E-state index in [2.05, 4.69) is 10.3 Å². The zero-order valence-corrected chi connectivity index (χ0v) is 10.8. The molecule has 19 heavy (non-hydrogen) atoms. The number of carbonyl (C=O) groups excluding carboxylic acids is 1. The summed E-state index contributed by atoms with van der Waals surface area (Å²) in [4.78, 5) is 14.4. The number of carbonyl (C=O) groups is 1. The molecule has 5 heteroatoms. The summed E-state index contributed by atoms with van der Waals surface area (Å²) >= 11 is 0. The largest absolute Gasteiger partial charge is 0.384 e. The number of amides is 1. The normalized spacial score (nSPS) is 10.8. The third kappa shape index (κ3) is 3.54. The summed E-state index contributed by atoms with van der Waals surface area (Å²) in [6.45, 7) is 0.991. The van der Waals surface area contributed by atoms with Crippen molar-refractivity contribution in [1.82, 2.24) is 10.3 Å². The first-order valence-corrected chi connectivity index (χ1v) is 6.22. The van der Waals surface area contributed by atoms with Gasteiger partial charge in [0.25, 0.3) is 0 Å². The number of methoxy groups -OCH3 is 1. The van der Waals surface area contributed by atoms with Crippen LogP contribution >= 0.6 is 0 Å². The van der Waals surface area contributed by atoms with E-state index in [1.54, 1.807) is 13.2 Å². The van der Waals surface area contributed by atoms with Gasteiger partial charge in [-0.15, -0.1) is 0 Å². The lowest BCUT2D eigenvalue weighted by atomic mass is 10.1. The molecule has 0 unspecified atom stereocenters. The Morgan fingerprint density at radius 2 is 2.32 bits per heavy atom. The van der Waals surface area contributed by atoms with Crippen molar-refractivity contribution in [3.05, 3.63) is 35.8 Å². The Hall–Kier alpha value is -1.88. The van der Waals surface area contributed by atoms with Crippen LogP contribution in [0, 0.1) is 5.82 Å². The van der Waals surface area contributed by atoms with Crippen LogP contribution in [0.4, 0.5) is 4.39 Å². The van der Waals surface area contributed by atoms with Crippen LogP contribution in [0.1, 0.15) is 12.0 Å². The van der Waals surface area contributed by atoms with Gasteiger partial charge >= 0.3 is 0 Å². The zero-order chi connectivity index (χ0) is 13.7. The first-order chi connectivity index (χ1) is 9.20. The van der Waals surface area contributed by atoms with Crippen molar-refractivity contribution in [3.8, 4) is 0 Å². The summed E-state index contributed by atoms with van der Waals surface area (Å²) in [7, 11) is 1.57. The molecule has 2 aromatic rings. The minimum absolute atomic E-state index is 0.0206. The van der Waals surface area contributed by atoms with Gasteiger partial charge in [-0.25, -0.2) is 4.39 Å². The Kier molecular flexibility index (Phi) is 4.52. The van der Waals surface area contributed by atoms with E-state index in [9.17, 15) is 9.18 Å². The predicted molar refractivity (Wildman–Crippen MR) is 71.5 cm³/mol. The zero-order valence-electron chi connectivity index (χ0n) is 10.8. The van der Waals surface area contributed by atoms with Gasteiger partial charge in [-0.3, -0.25) is 4.79 Å². The summed E-state index contributed by atoms with van der Waals surface area (Å²) in [6, 6.07) is 4.66. The molecule has 1 amide bonds. The van der Waals surface area contributed by atoms with E-state index in [4.69, 9.17) is 4.74 Å². The molecule has 1 aromatic heterocycles.